The molecule has 1 fully saturated rings. The average Bonchev–Trinajstić information content (AvgIpc) is 3.25. The van der Waals surface area contributed by atoms with E-state index in [0.717, 1.165) is 48.3 Å². The molecule has 1 saturated heterocycles. The van der Waals surface area contributed by atoms with Crippen molar-refractivity contribution >= 4 is 32.5 Å². The van der Waals surface area contributed by atoms with Gasteiger partial charge in [-0.15, -0.1) is 0 Å². The van der Waals surface area contributed by atoms with Crippen molar-refractivity contribution in [1.82, 2.24) is 9.88 Å². The lowest BCUT2D eigenvalue weighted by atomic mass is 9.89. The summed E-state index contributed by atoms with van der Waals surface area (Å²) < 4.78 is 7.02. The van der Waals surface area contributed by atoms with Gasteiger partial charge in [-0.05, 0) is 74.2 Å². The number of ether oxygens (including phenoxy) is 1. The molecule has 0 saturated carbocycles. The molecule has 5 nitrogen and oxygen atoms in total. The highest BCUT2D eigenvalue weighted by molar-refractivity contribution is 7.22. The van der Waals surface area contributed by atoms with Gasteiger partial charge in [0, 0.05) is 5.56 Å². The first-order valence-electron chi connectivity index (χ1n) is 11.8. The average molecular weight is 472 g/mol. The number of likely N-dealkylation sites (tertiary alicyclic amines) is 1. The van der Waals surface area contributed by atoms with Crippen LogP contribution in [0.5, 0.6) is 5.75 Å². The van der Waals surface area contributed by atoms with Gasteiger partial charge in [-0.2, -0.15) is 0 Å². The van der Waals surface area contributed by atoms with Crippen molar-refractivity contribution in [2.24, 2.45) is 5.92 Å². The number of rotatable bonds is 8. The van der Waals surface area contributed by atoms with E-state index in [1.807, 2.05) is 48.5 Å². The van der Waals surface area contributed by atoms with Crippen molar-refractivity contribution in [2.75, 3.05) is 25.4 Å². The third-order valence-electron chi connectivity index (χ3n) is 6.60. The molecular formula is C28H29N3O2S. The fourth-order valence-electron chi connectivity index (χ4n) is 4.74. The van der Waals surface area contributed by atoms with Crippen LogP contribution in [0.4, 0.5) is 5.13 Å². The molecule has 2 N–H and O–H groups in total. The maximum atomic E-state index is 13.7. The smallest absolute Gasteiger partial charge is 0.183 e. The van der Waals surface area contributed by atoms with Crippen molar-refractivity contribution in [3.63, 3.8) is 0 Å². The van der Waals surface area contributed by atoms with Crippen LogP contribution in [0.2, 0.25) is 0 Å². The van der Waals surface area contributed by atoms with Crippen LogP contribution < -0.4 is 10.5 Å². The summed E-state index contributed by atoms with van der Waals surface area (Å²) in [6.45, 7) is 2.11. The molecule has 4 aromatic rings. The number of Topliss-reactive ketones (excluding diaryl/α,β-unsaturated/α-hetero) is 1. The number of carbonyl (C=O) groups is 1. The number of fused-ring (bicyclic) bond motifs is 1. The SMILES string of the molecule is Nc1nc2ccc(C(=O)C(COc3ccccc3)N3CCC(Cc4ccccc4)CC3)cc2s1. The van der Waals surface area contributed by atoms with Crippen LogP contribution >= 0.6 is 11.3 Å². The first-order valence-corrected chi connectivity index (χ1v) is 12.6. The third kappa shape index (κ3) is 5.29. The number of hydrogen-bond donors (Lipinski definition) is 1. The molecule has 1 unspecified atom stereocenters. The standard InChI is InChI=1S/C28H29N3O2S/c29-28-30-24-12-11-22(18-26(24)34-28)27(32)25(19-33-23-9-5-2-6-10-23)31-15-13-21(14-16-31)17-20-7-3-1-4-8-20/h1-12,18,21,25H,13-17,19H2,(H2,29,30). The van der Waals surface area contributed by atoms with Gasteiger partial charge in [0.2, 0.25) is 0 Å². The van der Waals surface area contributed by atoms with Gasteiger partial charge >= 0.3 is 0 Å². The molecule has 1 aliphatic heterocycles. The van der Waals surface area contributed by atoms with Gasteiger partial charge in [-0.1, -0.05) is 59.9 Å². The summed E-state index contributed by atoms with van der Waals surface area (Å²) >= 11 is 1.41. The minimum atomic E-state index is -0.333. The molecule has 34 heavy (non-hydrogen) atoms. The Hall–Kier alpha value is -3.22. The molecule has 3 aromatic carbocycles. The van der Waals surface area contributed by atoms with Crippen LogP contribution in [0.15, 0.2) is 78.9 Å². The summed E-state index contributed by atoms with van der Waals surface area (Å²) in [7, 11) is 0. The van der Waals surface area contributed by atoms with E-state index in [-0.39, 0.29) is 11.8 Å². The van der Waals surface area contributed by atoms with Crippen molar-refractivity contribution in [3.05, 3.63) is 90.0 Å². The normalized spacial score (nSPS) is 15.9. The van der Waals surface area contributed by atoms with Gasteiger partial charge in [0.25, 0.3) is 0 Å². The Labute approximate surface area is 204 Å². The van der Waals surface area contributed by atoms with Crippen LogP contribution in [0.3, 0.4) is 0 Å². The fourth-order valence-corrected chi connectivity index (χ4v) is 5.52. The van der Waals surface area contributed by atoms with Crippen molar-refractivity contribution in [2.45, 2.75) is 25.3 Å². The van der Waals surface area contributed by atoms with Crippen molar-refractivity contribution in [3.8, 4) is 5.75 Å². The number of ketones is 1. The van der Waals surface area contributed by atoms with E-state index < -0.39 is 0 Å². The second-order valence-corrected chi connectivity index (χ2v) is 9.97. The molecule has 0 aliphatic carbocycles. The minimum absolute atomic E-state index is 0.0892. The third-order valence-corrected chi connectivity index (χ3v) is 7.45. The summed E-state index contributed by atoms with van der Waals surface area (Å²) in [5, 5.41) is 0.518. The molecule has 1 aliphatic rings. The zero-order valence-corrected chi connectivity index (χ0v) is 19.9. The lowest BCUT2D eigenvalue weighted by Gasteiger charge is -2.37. The van der Waals surface area contributed by atoms with E-state index in [1.165, 1.54) is 16.9 Å². The number of nitrogens with two attached hydrogens (primary N) is 1. The molecule has 5 rings (SSSR count). The molecule has 1 atom stereocenters. The van der Waals surface area contributed by atoms with E-state index >= 15 is 0 Å². The molecule has 174 valence electrons. The lowest BCUT2D eigenvalue weighted by molar-refractivity contribution is 0.0627. The molecule has 0 radical (unpaired) electrons. The van der Waals surface area contributed by atoms with Crippen molar-refractivity contribution in [1.29, 1.82) is 0 Å². The zero-order chi connectivity index (χ0) is 23.3. The van der Waals surface area contributed by atoms with Gasteiger partial charge in [0.05, 0.1) is 10.2 Å². The molecule has 0 amide bonds. The van der Waals surface area contributed by atoms with Gasteiger partial charge < -0.3 is 10.5 Å². The Balaban J connectivity index is 1.31. The summed E-state index contributed by atoms with van der Waals surface area (Å²) in [5.74, 6) is 1.51. The first kappa shape index (κ1) is 22.6. The number of para-hydroxylation sites is 1. The number of carbonyl (C=O) groups excluding carboxylic acids is 1. The number of piperidine rings is 1. The number of thiazole rings is 1. The summed E-state index contributed by atoms with van der Waals surface area (Å²) in [6.07, 6.45) is 3.25. The van der Waals surface area contributed by atoms with Gasteiger partial charge in [-0.3, -0.25) is 9.69 Å². The first-order chi connectivity index (χ1) is 16.7. The number of nitrogens with zero attached hydrogens (tertiary/aromatic N) is 2. The fraction of sp³-hybridized carbons (Fsp3) is 0.286. The summed E-state index contributed by atoms with van der Waals surface area (Å²) in [6, 6.07) is 25.7. The highest BCUT2D eigenvalue weighted by Gasteiger charge is 2.31. The summed E-state index contributed by atoms with van der Waals surface area (Å²) in [5.41, 5.74) is 8.77. The van der Waals surface area contributed by atoms with Crippen molar-refractivity contribution < 1.29 is 9.53 Å². The quantitative estimate of drug-likeness (QED) is 0.346. The molecule has 6 heteroatoms. The number of benzene rings is 3. The molecule has 0 spiro atoms. The molecule has 0 bridgehead atoms. The van der Waals surface area contributed by atoms with Crippen LogP contribution in [-0.2, 0) is 6.42 Å². The second kappa shape index (κ2) is 10.4. The number of nitrogen functional groups attached to an aromatic ring is 1. The predicted octanol–water partition coefficient (Wildman–Crippen LogP) is 5.46. The Bertz CT molecular complexity index is 1230. The summed E-state index contributed by atoms with van der Waals surface area (Å²) in [4.78, 5) is 20.3. The molecular weight excluding hydrogens is 442 g/mol. The maximum absolute atomic E-state index is 13.7. The zero-order valence-electron chi connectivity index (χ0n) is 19.1. The topological polar surface area (TPSA) is 68.4 Å². The second-order valence-electron chi connectivity index (χ2n) is 8.91. The van der Waals surface area contributed by atoms with E-state index in [9.17, 15) is 4.79 Å². The van der Waals surface area contributed by atoms with E-state index in [2.05, 4.69) is 40.2 Å². The number of anilines is 1. The Morgan fingerprint density at radius 2 is 1.74 bits per heavy atom. The molecule has 2 heterocycles. The van der Waals surface area contributed by atoms with Crippen LogP contribution in [0.1, 0.15) is 28.8 Å². The Morgan fingerprint density at radius 1 is 1.03 bits per heavy atom. The maximum Gasteiger partial charge on any atom is 0.183 e. The number of aromatic nitrogens is 1. The number of hydrogen-bond acceptors (Lipinski definition) is 6. The largest absolute Gasteiger partial charge is 0.491 e. The highest BCUT2D eigenvalue weighted by Crippen LogP contribution is 2.28. The van der Waals surface area contributed by atoms with Gasteiger partial charge in [0.1, 0.15) is 18.4 Å². The Morgan fingerprint density at radius 3 is 2.47 bits per heavy atom. The Kier molecular flexibility index (Phi) is 6.88. The minimum Gasteiger partial charge on any atom is -0.491 e. The van der Waals surface area contributed by atoms with Crippen LogP contribution in [-0.4, -0.2) is 41.4 Å². The van der Waals surface area contributed by atoms with E-state index in [0.29, 0.717) is 23.2 Å². The van der Waals surface area contributed by atoms with Crippen LogP contribution in [0.25, 0.3) is 10.2 Å². The van der Waals surface area contributed by atoms with E-state index in [4.69, 9.17) is 10.5 Å². The van der Waals surface area contributed by atoms with Gasteiger partial charge in [-0.25, -0.2) is 4.98 Å². The predicted molar refractivity (Wildman–Crippen MR) is 139 cm³/mol. The van der Waals surface area contributed by atoms with Crippen LogP contribution in [0, 0.1) is 5.92 Å². The van der Waals surface area contributed by atoms with E-state index in [1.54, 1.807) is 0 Å². The highest BCUT2D eigenvalue weighted by atomic mass is 32.1. The molecule has 1 aromatic heterocycles. The monoisotopic (exact) mass is 471 g/mol. The van der Waals surface area contributed by atoms with Gasteiger partial charge in [0.15, 0.2) is 10.9 Å². The lowest BCUT2D eigenvalue weighted by Crippen LogP contribution is -2.49.